The fraction of sp³-hybridized carbons (Fsp3) is 0.462. The second-order valence-electron chi connectivity index (χ2n) is 9.46. The molecule has 2 saturated heterocycles. The summed E-state index contributed by atoms with van der Waals surface area (Å²) < 4.78 is 31.6. The lowest BCUT2D eigenvalue weighted by atomic mass is 9.90. The number of benzene rings is 2. The average molecular weight is 533 g/mol. The Balaban J connectivity index is 0.000000221. The highest BCUT2D eigenvalue weighted by Crippen LogP contribution is 2.22. The molecule has 0 spiro atoms. The molecule has 204 valence electrons. The van der Waals surface area contributed by atoms with E-state index in [2.05, 4.69) is 60.7 Å². The number of hydrogen-bond donors (Lipinski definition) is 6. The van der Waals surface area contributed by atoms with Crippen LogP contribution < -0.4 is 11.5 Å². The molecule has 2 heterocycles. The maximum Gasteiger partial charge on any atom is 0.394 e. The predicted molar refractivity (Wildman–Crippen MR) is 147 cm³/mol. The van der Waals surface area contributed by atoms with Crippen LogP contribution in [0.5, 0.6) is 0 Å². The maximum atomic E-state index is 8.74. The van der Waals surface area contributed by atoms with Gasteiger partial charge in [-0.15, -0.1) is 0 Å². The fourth-order valence-electron chi connectivity index (χ4n) is 4.65. The summed E-state index contributed by atoms with van der Waals surface area (Å²) >= 11 is 0. The second-order valence-corrected chi connectivity index (χ2v) is 10.4. The van der Waals surface area contributed by atoms with E-state index < -0.39 is 10.4 Å². The highest BCUT2D eigenvalue weighted by atomic mass is 32.3. The molecule has 4 rings (SSSR count). The van der Waals surface area contributed by atoms with Crippen LogP contribution in [0.4, 0.5) is 0 Å². The number of piperidine rings is 2. The summed E-state index contributed by atoms with van der Waals surface area (Å²) in [5, 5.41) is 14.8. The van der Waals surface area contributed by atoms with Crippen LogP contribution in [0.3, 0.4) is 0 Å². The molecule has 0 unspecified atom stereocenters. The van der Waals surface area contributed by atoms with E-state index in [1.54, 1.807) is 0 Å². The Hall–Kier alpha value is -3.15. The SMILES string of the molecule is N=C(N)N1CCC(Cc2ccccc2)CC1.N=C(N)N1CCC(Cc2ccccc2)CC1.O=S(=O)(O)O. The number of nitrogens with one attached hydrogen (secondary N) is 2. The molecule has 2 aromatic carbocycles. The lowest BCUT2D eigenvalue weighted by Gasteiger charge is -2.32. The van der Waals surface area contributed by atoms with Crippen molar-refractivity contribution in [3.63, 3.8) is 0 Å². The Morgan fingerprint density at radius 2 is 0.973 bits per heavy atom. The molecule has 0 aromatic heterocycles. The molecule has 11 heteroatoms. The minimum absolute atomic E-state index is 0.221. The Labute approximate surface area is 220 Å². The van der Waals surface area contributed by atoms with E-state index in [0.717, 1.165) is 76.5 Å². The Kier molecular flexibility index (Phi) is 12.3. The van der Waals surface area contributed by atoms with Crippen molar-refractivity contribution in [2.75, 3.05) is 26.2 Å². The van der Waals surface area contributed by atoms with Gasteiger partial charge in [-0.3, -0.25) is 19.9 Å². The van der Waals surface area contributed by atoms with Crippen LogP contribution in [-0.4, -0.2) is 65.4 Å². The van der Waals surface area contributed by atoms with Crippen LogP contribution in [0, 0.1) is 22.7 Å². The smallest absolute Gasteiger partial charge is 0.370 e. The van der Waals surface area contributed by atoms with Crippen LogP contribution in [0.2, 0.25) is 0 Å². The summed E-state index contributed by atoms with van der Waals surface area (Å²) in [5.74, 6) is 1.94. The van der Waals surface area contributed by atoms with Gasteiger partial charge in [0.1, 0.15) is 0 Å². The molecule has 10 nitrogen and oxygen atoms in total. The van der Waals surface area contributed by atoms with E-state index in [9.17, 15) is 0 Å². The fourth-order valence-corrected chi connectivity index (χ4v) is 4.65. The van der Waals surface area contributed by atoms with Gasteiger partial charge in [-0.05, 0) is 61.5 Å². The number of nitrogens with two attached hydrogens (primary N) is 2. The van der Waals surface area contributed by atoms with Gasteiger partial charge in [0.05, 0.1) is 0 Å². The van der Waals surface area contributed by atoms with Gasteiger partial charge in [0.25, 0.3) is 0 Å². The molecular formula is C26H40N6O4S. The lowest BCUT2D eigenvalue weighted by Crippen LogP contribution is -2.42. The first-order valence-electron chi connectivity index (χ1n) is 12.5. The van der Waals surface area contributed by atoms with Crippen LogP contribution in [-0.2, 0) is 23.2 Å². The molecule has 0 bridgehead atoms. The van der Waals surface area contributed by atoms with Gasteiger partial charge in [-0.25, -0.2) is 0 Å². The monoisotopic (exact) mass is 532 g/mol. The van der Waals surface area contributed by atoms with E-state index in [1.165, 1.54) is 11.1 Å². The predicted octanol–water partition coefficient (Wildman–Crippen LogP) is 3.02. The Bertz CT molecular complexity index is 973. The summed E-state index contributed by atoms with van der Waals surface area (Å²) in [5.41, 5.74) is 13.8. The van der Waals surface area contributed by atoms with Crippen molar-refractivity contribution in [3.05, 3.63) is 71.8 Å². The molecule has 2 aliphatic heterocycles. The zero-order valence-corrected chi connectivity index (χ0v) is 22.0. The van der Waals surface area contributed by atoms with E-state index in [1.807, 2.05) is 9.80 Å². The molecule has 2 fully saturated rings. The number of hydrogen-bond acceptors (Lipinski definition) is 4. The molecule has 2 aliphatic rings. The van der Waals surface area contributed by atoms with Crippen molar-refractivity contribution >= 4 is 22.3 Å². The van der Waals surface area contributed by atoms with Gasteiger partial charge in [0, 0.05) is 26.2 Å². The highest BCUT2D eigenvalue weighted by molar-refractivity contribution is 7.79. The topological polar surface area (TPSA) is 181 Å². The van der Waals surface area contributed by atoms with Crippen molar-refractivity contribution in [2.45, 2.75) is 38.5 Å². The third-order valence-corrected chi connectivity index (χ3v) is 6.64. The number of guanidine groups is 2. The lowest BCUT2D eigenvalue weighted by molar-refractivity contribution is 0.262. The largest absolute Gasteiger partial charge is 0.394 e. The summed E-state index contributed by atoms with van der Waals surface area (Å²) in [7, 11) is -4.67. The summed E-state index contributed by atoms with van der Waals surface area (Å²) in [4.78, 5) is 3.92. The van der Waals surface area contributed by atoms with E-state index in [-0.39, 0.29) is 11.9 Å². The second kappa shape index (κ2) is 15.2. The van der Waals surface area contributed by atoms with Crippen molar-refractivity contribution in [1.82, 2.24) is 9.80 Å². The van der Waals surface area contributed by atoms with Crippen LogP contribution in [0.1, 0.15) is 36.8 Å². The van der Waals surface area contributed by atoms with Crippen molar-refractivity contribution in [1.29, 1.82) is 10.8 Å². The number of likely N-dealkylation sites (tertiary alicyclic amines) is 2. The quantitative estimate of drug-likeness (QED) is 0.197. The normalized spacial score (nSPS) is 16.6. The van der Waals surface area contributed by atoms with Gasteiger partial charge >= 0.3 is 10.4 Å². The maximum absolute atomic E-state index is 8.74. The van der Waals surface area contributed by atoms with E-state index in [0.29, 0.717) is 0 Å². The van der Waals surface area contributed by atoms with Gasteiger partial charge < -0.3 is 21.3 Å². The van der Waals surface area contributed by atoms with Crippen molar-refractivity contribution < 1.29 is 17.5 Å². The Morgan fingerprint density at radius 1 is 0.703 bits per heavy atom. The summed E-state index contributed by atoms with van der Waals surface area (Å²) in [6, 6.07) is 21.3. The number of nitrogens with zero attached hydrogens (tertiary/aromatic N) is 2. The van der Waals surface area contributed by atoms with Crippen LogP contribution in [0.15, 0.2) is 60.7 Å². The van der Waals surface area contributed by atoms with Gasteiger partial charge in [0.2, 0.25) is 0 Å². The molecule has 0 radical (unpaired) electrons. The minimum atomic E-state index is -4.67. The van der Waals surface area contributed by atoms with Gasteiger partial charge in [0.15, 0.2) is 11.9 Å². The minimum Gasteiger partial charge on any atom is -0.370 e. The van der Waals surface area contributed by atoms with Gasteiger partial charge in [-0.2, -0.15) is 8.42 Å². The molecule has 0 atom stereocenters. The molecule has 2 aromatic rings. The zero-order valence-electron chi connectivity index (χ0n) is 21.2. The first-order chi connectivity index (χ1) is 17.5. The molecule has 8 N–H and O–H groups in total. The van der Waals surface area contributed by atoms with E-state index in [4.69, 9.17) is 39.8 Å². The molecular weight excluding hydrogens is 492 g/mol. The molecule has 37 heavy (non-hydrogen) atoms. The van der Waals surface area contributed by atoms with Crippen LogP contribution in [0.25, 0.3) is 0 Å². The summed E-state index contributed by atoms with van der Waals surface area (Å²) in [6.45, 7) is 3.75. The third-order valence-electron chi connectivity index (χ3n) is 6.64. The van der Waals surface area contributed by atoms with E-state index >= 15 is 0 Å². The zero-order chi connectivity index (χ0) is 27.3. The van der Waals surface area contributed by atoms with Crippen LogP contribution >= 0.6 is 0 Å². The molecule has 0 aliphatic carbocycles. The third kappa shape index (κ3) is 13.1. The Morgan fingerprint density at radius 3 is 1.22 bits per heavy atom. The first kappa shape index (κ1) is 30.1. The first-order valence-corrected chi connectivity index (χ1v) is 13.9. The number of rotatable bonds is 4. The molecule has 0 amide bonds. The van der Waals surface area contributed by atoms with Crippen molar-refractivity contribution in [2.24, 2.45) is 23.3 Å². The van der Waals surface area contributed by atoms with Gasteiger partial charge in [-0.1, -0.05) is 60.7 Å². The highest BCUT2D eigenvalue weighted by Gasteiger charge is 2.20. The average Bonchev–Trinajstić information content (AvgIpc) is 2.85. The van der Waals surface area contributed by atoms with Crippen molar-refractivity contribution in [3.8, 4) is 0 Å². The summed E-state index contributed by atoms with van der Waals surface area (Å²) in [6.07, 6.45) is 6.91. The molecule has 0 saturated carbocycles. The standard InChI is InChI=1S/2C13H19N3.H2O4S/c2*14-13(15)16-8-6-12(7-9-16)10-11-4-2-1-3-5-11;1-5(2,3)4/h2*1-5,12H,6-10H2,(H3,14,15);(H2,1,2,3,4).